The first-order valence-electron chi connectivity index (χ1n) is 5.14. The number of nitrogens with one attached hydrogen (secondary N) is 1. The molecule has 0 bridgehead atoms. The SMILES string of the molecule is CCCn1cc(/C=C/C(C)NC)cn1. The van der Waals surface area contributed by atoms with Gasteiger partial charge in [-0.1, -0.05) is 19.1 Å². The second-order valence-electron chi connectivity index (χ2n) is 3.47. The van der Waals surface area contributed by atoms with E-state index in [1.807, 2.05) is 17.9 Å². The van der Waals surface area contributed by atoms with Crippen molar-refractivity contribution in [3.8, 4) is 0 Å². The van der Waals surface area contributed by atoms with Crippen molar-refractivity contribution in [1.82, 2.24) is 15.1 Å². The van der Waals surface area contributed by atoms with Gasteiger partial charge in [-0.05, 0) is 20.4 Å². The Balaban J connectivity index is 2.54. The average molecular weight is 193 g/mol. The molecule has 14 heavy (non-hydrogen) atoms. The first-order chi connectivity index (χ1) is 6.76. The van der Waals surface area contributed by atoms with Gasteiger partial charge in [0.2, 0.25) is 0 Å². The van der Waals surface area contributed by atoms with E-state index in [9.17, 15) is 0 Å². The van der Waals surface area contributed by atoms with E-state index in [2.05, 4.69) is 42.6 Å². The summed E-state index contributed by atoms with van der Waals surface area (Å²) in [7, 11) is 1.95. The van der Waals surface area contributed by atoms with Gasteiger partial charge in [-0.2, -0.15) is 5.10 Å². The third kappa shape index (κ3) is 3.34. The highest BCUT2D eigenvalue weighted by Gasteiger charge is 1.94. The van der Waals surface area contributed by atoms with Gasteiger partial charge < -0.3 is 5.32 Å². The highest BCUT2D eigenvalue weighted by molar-refractivity contribution is 5.47. The monoisotopic (exact) mass is 193 g/mol. The van der Waals surface area contributed by atoms with Crippen molar-refractivity contribution in [3.05, 3.63) is 24.0 Å². The Labute approximate surface area is 85.8 Å². The van der Waals surface area contributed by atoms with Crippen molar-refractivity contribution in [1.29, 1.82) is 0 Å². The summed E-state index contributed by atoms with van der Waals surface area (Å²) >= 11 is 0. The van der Waals surface area contributed by atoms with E-state index in [4.69, 9.17) is 0 Å². The molecule has 0 spiro atoms. The zero-order valence-electron chi connectivity index (χ0n) is 9.20. The molecule has 1 atom stereocenters. The minimum absolute atomic E-state index is 0.407. The summed E-state index contributed by atoms with van der Waals surface area (Å²) < 4.78 is 1.98. The lowest BCUT2D eigenvalue weighted by molar-refractivity contribution is 0.602. The normalized spacial score (nSPS) is 13.6. The molecule has 0 aromatic carbocycles. The molecule has 1 unspecified atom stereocenters. The molecular formula is C11H19N3. The van der Waals surface area contributed by atoms with Gasteiger partial charge in [-0.25, -0.2) is 0 Å². The Kier molecular flexibility index (Phi) is 4.40. The van der Waals surface area contributed by atoms with Crippen LogP contribution in [0.25, 0.3) is 6.08 Å². The van der Waals surface area contributed by atoms with Crippen LogP contribution < -0.4 is 5.32 Å². The zero-order valence-corrected chi connectivity index (χ0v) is 9.20. The first-order valence-corrected chi connectivity index (χ1v) is 5.14. The number of hydrogen-bond donors (Lipinski definition) is 1. The molecule has 0 aliphatic rings. The number of likely N-dealkylation sites (N-methyl/N-ethyl adjacent to an activating group) is 1. The maximum Gasteiger partial charge on any atom is 0.0562 e. The Morgan fingerprint density at radius 2 is 2.43 bits per heavy atom. The smallest absolute Gasteiger partial charge is 0.0562 e. The largest absolute Gasteiger partial charge is 0.314 e. The molecular weight excluding hydrogens is 174 g/mol. The molecule has 1 rings (SSSR count). The predicted molar refractivity (Wildman–Crippen MR) is 60.1 cm³/mol. The first kappa shape index (κ1) is 11.0. The summed E-state index contributed by atoms with van der Waals surface area (Å²) in [6.45, 7) is 5.27. The van der Waals surface area contributed by atoms with Crippen LogP contribution in [0.2, 0.25) is 0 Å². The minimum Gasteiger partial charge on any atom is -0.314 e. The standard InChI is InChI=1S/C11H19N3/c1-4-7-14-9-11(8-13-14)6-5-10(2)12-3/h5-6,8-10,12H,4,7H2,1-3H3/b6-5+. The van der Waals surface area contributed by atoms with E-state index < -0.39 is 0 Å². The number of nitrogens with zero attached hydrogens (tertiary/aromatic N) is 2. The Morgan fingerprint density at radius 3 is 3.07 bits per heavy atom. The van der Waals surface area contributed by atoms with Crippen LogP contribution >= 0.6 is 0 Å². The van der Waals surface area contributed by atoms with Gasteiger partial charge in [0, 0.05) is 24.3 Å². The van der Waals surface area contributed by atoms with Gasteiger partial charge in [0.05, 0.1) is 6.20 Å². The quantitative estimate of drug-likeness (QED) is 0.774. The fourth-order valence-electron chi connectivity index (χ4n) is 1.17. The molecule has 0 fully saturated rings. The summed E-state index contributed by atoms with van der Waals surface area (Å²) in [5.41, 5.74) is 1.17. The van der Waals surface area contributed by atoms with Crippen LogP contribution in [0.3, 0.4) is 0 Å². The van der Waals surface area contributed by atoms with Crippen LogP contribution in [0.5, 0.6) is 0 Å². The van der Waals surface area contributed by atoms with Crippen molar-refractivity contribution < 1.29 is 0 Å². The highest BCUT2D eigenvalue weighted by atomic mass is 15.3. The molecule has 1 aromatic heterocycles. The summed E-state index contributed by atoms with van der Waals surface area (Å²) in [6, 6.07) is 0.407. The lowest BCUT2D eigenvalue weighted by Gasteiger charge is -2.00. The number of aryl methyl sites for hydroxylation is 1. The van der Waals surface area contributed by atoms with Crippen molar-refractivity contribution >= 4 is 6.08 Å². The lowest BCUT2D eigenvalue weighted by atomic mass is 10.2. The molecule has 78 valence electrons. The average Bonchev–Trinajstić information content (AvgIpc) is 2.63. The third-order valence-electron chi connectivity index (χ3n) is 2.14. The van der Waals surface area contributed by atoms with Crippen LogP contribution in [0.15, 0.2) is 18.5 Å². The Bertz CT molecular complexity index is 288. The van der Waals surface area contributed by atoms with Crippen molar-refractivity contribution in [2.75, 3.05) is 7.05 Å². The van der Waals surface area contributed by atoms with E-state index in [0.29, 0.717) is 6.04 Å². The van der Waals surface area contributed by atoms with E-state index in [1.54, 1.807) is 0 Å². The molecule has 1 aromatic rings. The number of rotatable bonds is 5. The van der Waals surface area contributed by atoms with E-state index in [0.717, 1.165) is 13.0 Å². The van der Waals surface area contributed by atoms with Gasteiger partial charge in [0.25, 0.3) is 0 Å². The summed E-state index contributed by atoms with van der Waals surface area (Å²) in [5, 5.41) is 7.41. The van der Waals surface area contributed by atoms with Crippen molar-refractivity contribution in [2.24, 2.45) is 0 Å². The van der Waals surface area contributed by atoms with Crippen LogP contribution in [-0.4, -0.2) is 22.9 Å². The number of hydrogen-bond acceptors (Lipinski definition) is 2. The van der Waals surface area contributed by atoms with Gasteiger partial charge >= 0.3 is 0 Å². The van der Waals surface area contributed by atoms with Gasteiger partial charge in [0.15, 0.2) is 0 Å². The molecule has 0 saturated carbocycles. The Morgan fingerprint density at radius 1 is 1.64 bits per heavy atom. The van der Waals surface area contributed by atoms with Crippen LogP contribution in [0.4, 0.5) is 0 Å². The predicted octanol–water partition coefficient (Wildman–Crippen LogP) is 1.91. The van der Waals surface area contributed by atoms with E-state index in [1.165, 1.54) is 5.56 Å². The minimum atomic E-state index is 0.407. The fourth-order valence-corrected chi connectivity index (χ4v) is 1.17. The molecule has 1 N–H and O–H groups in total. The van der Waals surface area contributed by atoms with E-state index >= 15 is 0 Å². The molecule has 0 aliphatic heterocycles. The van der Waals surface area contributed by atoms with Crippen molar-refractivity contribution in [2.45, 2.75) is 32.9 Å². The summed E-state index contributed by atoms with van der Waals surface area (Å²) in [4.78, 5) is 0. The fraction of sp³-hybridized carbons (Fsp3) is 0.545. The van der Waals surface area contributed by atoms with Gasteiger partial charge in [-0.15, -0.1) is 0 Å². The highest BCUT2D eigenvalue weighted by Crippen LogP contribution is 2.02. The molecule has 3 nitrogen and oxygen atoms in total. The van der Waals surface area contributed by atoms with Crippen LogP contribution in [0, 0.1) is 0 Å². The molecule has 0 saturated heterocycles. The van der Waals surface area contributed by atoms with Gasteiger partial charge in [-0.3, -0.25) is 4.68 Å². The molecule has 3 heteroatoms. The second-order valence-corrected chi connectivity index (χ2v) is 3.47. The van der Waals surface area contributed by atoms with E-state index in [-0.39, 0.29) is 0 Å². The topological polar surface area (TPSA) is 29.9 Å². The van der Waals surface area contributed by atoms with Crippen LogP contribution in [0.1, 0.15) is 25.8 Å². The molecule has 0 amide bonds. The molecule has 0 aliphatic carbocycles. The Hall–Kier alpha value is -1.09. The van der Waals surface area contributed by atoms with Crippen molar-refractivity contribution in [3.63, 3.8) is 0 Å². The third-order valence-corrected chi connectivity index (χ3v) is 2.14. The molecule has 1 heterocycles. The molecule has 0 radical (unpaired) electrons. The lowest BCUT2D eigenvalue weighted by Crippen LogP contribution is -2.17. The second kappa shape index (κ2) is 5.60. The summed E-state index contributed by atoms with van der Waals surface area (Å²) in [6.07, 6.45) is 9.32. The zero-order chi connectivity index (χ0) is 10.4. The van der Waals surface area contributed by atoms with Gasteiger partial charge in [0.1, 0.15) is 0 Å². The number of aromatic nitrogens is 2. The maximum atomic E-state index is 4.25. The van der Waals surface area contributed by atoms with Crippen LogP contribution in [-0.2, 0) is 6.54 Å². The maximum absolute atomic E-state index is 4.25. The summed E-state index contributed by atoms with van der Waals surface area (Å²) in [5.74, 6) is 0.